The molecule has 0 radical (unpaired) electrons. The summed E-state index contributed by atoms with van der Waals surface area (Å²) in [4.78, 5) is 21.0. The van der Waals surface area contributed by atoms with Crippen molar-refractivity contribution in [3.63, 3.8) is 0 Å². The van der Waals surface area contributed by atoms with Crippen LogP contribution in [0.2, 0.25) is 0 Å². The van der Waals surface area contributed by atoms with Crippen molar-refractivity contribution in [2.75, 3.05) is 13.4 Å². The van der Waals surface area contributed by atoms with Crippen molar-refractivity contribution in [1.29, 1.82) is 0 Å². The lowest BCUT2D eigenvalue weighted by Crippen LogP contribution is -2.23. The smallest absolute Gasteiger partial charge is 0.251 e. The quantitative estimate of drug-likeness (QED) is 0.925. The fraction of sp³-hybridized carbons (Fsp3) is 0.353. The zero-order chi connectivity index (χ0) is 16.4. The van der Waals surface area contributed by atoms with Crippen LogP contribution in [-0.2, 0) is 11.3 Å². The van der Waals surface area contributed by atoms with Gasteiger partial charge in [-0.05, 0) is 37.1 Å². The van der Waals surface area contributed by atoms with E-state index in [0.29, 0.717) is 29.4 Å². The zero-order valence-corrected chi connectivity index (χ0v) is 13.0. The Morgan fingerprint density at radius 2 is 2.17 bits per heavy atom. The second-order valence-corrected chi connectivity index (χ2v) is 5.66. The Balaban J connectivity index is 1.41. The first kappa shape index (κ1) is 14.9. The van der Waals surface area contributed by atoms with Crippen molar-refractivity contribution in [1.82, 2.24) is 15.3 Å². The van der Waals surface area contributed by atoms with Gasteiger partial charge >= 0.3 is 0 Å². The fourth-order valence-electron chi connectivity index (χ4n) is 2.76. The number of amides is 1. The number of fused-ring (bicyclic) bond motifs is 1. The van der Waals surface area contributed by atoms with Crippen LogP contribution in [-0.4, -0.2) is 29.3 Å². The summed E-state index contributed by atoms with van der Waals surface area (Å²) in [5.74, 6) is 1.74. The van der Waals surface area contributed by atoms with Gasteiger partial charge < -0.3 is 19.5 Å². The summed E-state index contributed by atoms with van der Waals surface area (Å²) in [6.45, 7) is 1.27. The van der Waals surface area contributed by atoms with E-state index in [0.717, 1.165) is 25.1 Å². The van der Waals surface area contributed by atoms with Gasteiger partial charge in [0.2, 0.25) is 6.79 Å². The normalized spacial score (nSPS) is 18.6. The molecule has 1 aromatic heterocycles. The topological polar surface area (TPSA) is 82.6 Å². The van der Waals surface area contributed by atoms with E-state index in [-0.39, 0.29) is 18.8 Å². The molecule has 1 saturated heterocycles. The number of carbonyl (C=O) groups is 1. The van der Waals surface area contributed by atoms with E-state index >= 15 is 0 Å². The predicted molar refractivity (Wildman–Crippen MR) is 83.7 cm³/mol. The molecule has 1 amide bonds. The van der Waals surface area contributed by atoms with E-state index in [1.807, 2.05) is 0 Å². The van der Waals surface area contributed by atoms with Crippen LogP contribution < -0.4 is 14.8 Å². The maximum Gasteiger partial charge on any atom is 0.251 e. The maximum atomic E-state index is 12.3. The molecule has 2 aliphatic heterocycles. The molecule has 0 unspecified atom stereocenters. The summed E-state index contributed by atoms with van der Waals surface area (Å²) in [5.41, 5.74) is 1.28. The molecule has 0 bridgehead atoms. The molecule has 7 nitrogen and oxygen atoms in total. The zero-order valence-electron chi connectivity index (χ0n) is 13.0. The number of carbonyl (C=O) groups excluding carboxylic acids is 1. The second kappa shape index (κ2) is 6.45. The van der Waals surface area contributed by atoms with Crippen molar-refractivity contribution in [2.24, 2.45) is 0 Å². The van der Waals surface area contributed by atoms with Gasteiger partial charge in [0.15, 0.2) is 17.3 Å². The lowest BCUT2D eigenvalue weighted by atomic mass is 10.2. The Morgan fingerprint density at radius 1 is 1.25 bits per heavy atom. The summed E-state index contributed by atoms with van der Waals surface area (Å²) in [6, 6.07) is 6.91. The van der Waals surface area contributed by atoms with E-state index in [9.17, 15) is 4.79 Å². The van der Waals surface area contributed by atoms with E-state index < -0.39 is 0 Å². The largest absolute Gasteiger partial charge is 0.454 e. The molecule has 2 aliphatic rings. The number of hydrogen-bond donors (Lipinski definition) is 1. The van der Waals surface area contributed by atoms with E-state index in [1.165, 1.54) is 0 Å². The number of nitrogens with one attached hydrogen (secondary N) is 1. The van der Waals surface area contributed by atoms with Gasteiger partial charge in [-0.25, -0.2) is 9.97 Å². The van der Waals surface area contributed by atoms with Crippen molar-refractivity contribution in [3.8, 4) is 11.5 Å². The lowest BCUT2D eigenvalue weighted by molar-refractivity contribution is 0.0949. The van der Waals surface area contributed by atoms with Gasteiger partial charge in [-0.15, -0.1) is 0 Å². The van der Waals surface area contributed by atoms with Crippen molar-refractivity contribution < 1.29 is 19.0 Å². The van der Waals surface area contributed by atoms with Crippen LogP contribution in [0, 0.1) is 0 Å². The third-order valence-corrected chi connectivity index (χ3v) is 4.01. The van der Waals surface area contributed by atoms with Crippen LogP contribution in [0.4, 0.5) is 0 Å². The summed E-state index contributed by atoms with van der Waals surface area (Å²) in [7, 11) is 0. The SMILES string of the molecule is O=C(NCc1ccnc([C@H]2CCCO2)n1)c1ccc2c(c1)OCO2. The molecule has 3 heterocycles. The molecule has 0 saturated carbocycles. The van der Waals surface area contributed by atoms with Crippen LogP contribution in [0.5, 0.6) is 11.5 Å². The number of nitrogens with zero attached hydrogens (tertiary/aromatic N) is 2. The number of hydrogen-bond acceptors (Lipinski definition) is 6. The molecular formula is C17H17N3O4. The molecular weight excluding hydrogens is 310 g/mol. The first-order valence-corrected chi connectivity index (χ1v) is 7.91. The lowest BCUT2D eigenvalue weighted by Gasteiger charge is -2.10. The molecule has 1 atom stereocenters. The highest BCUT2D eigenvalue weighted by Gasteiger charge is 2.21. The number of benzene rings is 1. The van der Waals surface area contributed by atoms with E-state index in [2.05, 4.69) is 15.3 Å². The van der Waals surface area contributed by atoms with Crippen LogP contribution in [0.15, 0.2) is 30.5 Å². The summed E-state index contributed by atoms with van der Waals surface area (Å²) >= 11 is 0. The molecule has 4 rings (SSSR count). The highest BCUT2D eigenvalue weighted by molar-refractivity contribution is 5.94. The minimum atomic E-state index is -0.189. The average Bonchev–Trinajstić information content (AvgIpc) is 3.30. The van der Waals surface area contributed by atoms with Crippen molar-refractivity contribution >= 4 is 5.91 Å². The molecule has 7 heteroatoms. The van der Waals surface area contributed by atoms with E-state index in [1.54, 1.807) is 30.5 Å². The summed E-state index contributed by atoms with van der Waals surface area (Å²) in [6.07, 6.45) is 3.63. The van der Waals surface area contributed by atoms with Gasteiger partial charge in [0.1, 0.15) is 6.10 Å². The van der Waals surface area contributed by atoms with E-state index in [4.69, 9.17) is 14.2 Å². The van der Waals surface area contributed by atoms with Gasteiger partial charge in [-0.2, -0.15) is 0 Å². The molecule has 2 aromatic rings. The first-order valence-electron chi connectivity index (χ1n) is 7.91. The Hall–Kier alpha value is -2.67. The van der Waals surface area contributed by atoms with Gasteiger partial charge in [-0.1, -0.05) is 0 Å². The summed E-state index contributed by atoms with van der Waals surface area (Å²) in [5, 5.41) is 2.86. The fourth-order valence-corrected chi connectivity index (χ4v) is 2.76. The second-order valence-electron chi connectivity index (χ2n) is 5.66. The van der Waals surface area contributed by atoms with Gasteiger partial charge in [0.05, 0.1) is 12.2 Å². The first-order chi connectivity index (χ1) is 11.8. The molecule has 1 N–H and O–H groups in total. The minimum absolute atomic E-state index is 0.0329. The number of ether oxygens (including phenoxy) is 3. The third kappa shape index (κ3) is 3.03. The highest BCUT2D eigenvalue weighted by Crippen LogP contribution is 2.32. The maximum absolute atomic E-state index is 12.3. The average molecular weight is 327 g/mol. The number of rotatable bonds is 4. The molecule has 0 spiro atoms. The minimum Gasteiger partial charge on any atom is -0.454 e. The Labute approximate surface area is 139 Å². The molecule has 24 heavy (non-hydrogen) atoms. The number of aromatic nitrogens is 2. The van der Waals surface area contributed by atoms with Crippen LogP contribution in [0.25, 0.3) is 0 Å². The van der Waals surface area contributed by atoms with Gasteiger partial charge in [0.25, 0.3) is 5.91 Å². The molecule has 1 aromatic carbocycles. The molecule has 124 valence electrons. The highest BCUT2D eigenvalue weighted by atomic mass is 16.7. The third-order valence-electron chi connectivity index (χ3n) is 4.01. The molecule has 1 fully saturated rings. The van der Waals surface area contributed by atoms with Crippen LogP contribution >= 0.6 is 0 Å². The van der Waals surface area contributed by atoms with Gasteiger partial charge in [0, 0.05) is 18.4 Å². The summed E-state index contributed by atoms with van der Waals surface area (Å²) < 4.78 is 16.1. The monoisotopic (exact) mass is 327 g/mol. The van der Waals surface area contributed by atoms with Crippen molar-refractivity contribution in [3.05, 3.63) is 47.5 Å². The van der Waals surface area contributed by atoms with Crippen LogP contribution in [0.3, 0.4) is 0 Å². The Morgan fingerprint density at radius 3 is 3.04 bits per heavy atom. The van der Waals surface area contributed by atoms with Crippen LogP contribution in [0.1, 0.15) is 40.8 Å². The van der Waals surface area contributed by atoms with Crippen molar-refractivity contribution in [2.45, 2.75) is 25.5 Å². The predicted octanol–water partition coefficient (Wildman–Crippen LogP) is 1.99. The molecule has 0 aliphatic carbocycles. The Bertz CT molecular complexity index is 759. The van der Waals surface area contributed by atoms with Gasteiger partial charge in [-0.3, -0.25) is 4.79 Å². The standard InChI is InChI=1S/C17H17N3O4/c21-17(11-3-4-13-15(8-11)24-10-23-13)19-9-12-5-6-18-16(20-12)14-2-1-7-22-14/h3-6,8,14H,1-2,7,9-10H2,(H,19,21)/t14-/m1/s1. The Kier molecular flexibility index (Phi) is 4.00.